The molecule has 2 aromatic heterocycles. The summed E-state index contributed by atoms with van der Waals surface area (Å²) in [5.41, 5.74) is 1.67. The Morgan fingerprint density at radius 1 is 1.28 bits per heavy atom. The van der Waals surface area contributed by atoms with E-state index in [0.717, 1.165) is 46.2 Å². The molecule has 3 aromatic rings. The van der Waals surface area contributed by atoms with Crippen LogP contribution in [0.5, 0.6) is 0 Å². The molecule has 0 atom stereocenters. The summed E-state index contributed by atoms with van der Waals surface area (Å²) in [6.45, 7) is 2.09. The van der Waals surface area contributed by atoms with Crippen LogP contribution in [0.3, 0.4) is 0 Å². The highest BCUT2D eigenvalue weighted by Crippen LogP contribution is 2.26. The monoisotopic (exact) mass is 375 g/mol. The van der Waals surface area contributed by atoms with Gasteiger partial charge in [-0.25, -0.2) is 0 Å². The Labute approximate surface area is 154 Å². The third-order valence-electron chi connectivity index (χ3n) is 4.48. The third-order valence-corrected chi connectivity index (χ3v) is 5.72. The summed E-state index contributed by atoms with van der Waals surface area (Å²) in [7, 11) is 0. The molecule has 7 heteroatoms. The van der Waals surface area contributed by atoms with Crippen LogP contribution in [0.1, 0.15) is 17.7 Å². The average Bonchev–Trinajstić information content (AvgIpc) is 3.25. The summed E-state index contributed by atoms with van der Waals surface area (Å²) in [5.74, 6) is 0.151. The average molecular weight is 376 g/mol. The SMILES string of the molecule is O=C(NCc1ccc(Cl)s1)C1CCN(c2nc3ccccc3o2)CC1. The number of carbonyl (C=O) groups is 1. The number of hydrogen-bond donors (Lipinski definition) is 1. The van der Waals surface area contributed by atoms with Gasteiger partial charge in [0.2, 0.25) is 5.91 Å². The zero-order valence-corrected chi connectivity index (χ0v) is 15.1. The summed E-state index contributed by atoms with van der Waals surface area (Å²) in [4.78, 5) is 20.1. The second kappa shape index (κ2) is 7.06. The zero-order valence-electron chi connectivity index (χ0n) is 13.6. The van der Waals surface area contributed by atoms with Crippen LogP contribution in [0.4, 0.5) is 6.01 Å². The lowest BCUT2D eigenvalue weighted by atomic mass is 9.96. The van der Waals surface area contributed by atoms with Crippen LogP contribution in [0, 0.1) is 5.92 Å². The lowest BCUT2D eigenvalue weighted by Crippen LogP contribution is -2.40. The highest BCUT2D eigenvalue weighted by molar-refractivity contribution is 7.16. The number of thiophene rings is 1. The van der Waals surface area contributed by atoms with Gasteiger partial charge in [-0.05, 0) is 37.1 Å². The van der Waals surface area contributed by atoms with Crippen LogP contribution in [-0.4, -0.2) is 24.0 Å². The molecular weight excluding hydrogens is 358 g/mol. The zero-order chi connectivity index (χ0) is 17.2. The first-order valence-electron chi connectivity index (χ1n) is 8.31. The van der Waals surface area contributed by atoms with E-state index in [2.05, 4.69) is 15.2 Å². The molecule has 0 saturated carbocycles. The molecule has 3 heterocycles. The number of hydrogen-bond acceptors (Lipinski definition) is 5. The number of aromatic nitrogens is 1. The minimum absolute atomic E-state index is 0.0380. The maximum absolute atomic E-state index is 12.4. The maximum Gasteiger partial charge on any atom is 0.298 e. The number of fused-ring (bicyclic) bond motifs is 1. The van der Waals surface area contributed by atoms with Crippen molar-refractivity contribution in [3.05, 3.63) is 45.6 Å². The quantitative estimate of drug-likeness (QED) is 0.746. The number of oxazole rings is 1. The van der Waals surface area contributed by atoms with Crippen molar-refractivity contribution in [3.8, 4) is 0 Å². The first-order chi connectivity index (χ1) is 12.2. The van der Waals surface area contributed by atoms with E-state index in [9.17, 15) is 4.79 Å². The Hall–Kier alpha value is -2.05. The number of carbonyl (C=O) groups excluding carboxylic acids is 1. The van der Waals surface area contributed by atoms with Gasteiger partial charge >= 0.3 is 0 Å². The molecule has 1 amide bonds. The van der Waals surface area contributed by atoms with E-state index < -0.39 is 0 Å². The minimum atomic E-state index is 0.0380. The molecule has 0 unspecified atom stereocenters. The first-order valence-corrected chi connectivity index (χ1v) is 9.51. The molecule has 1 fully saturated rings. The van der Waals surface area contributed by atoms with Gasteiger partial charge in [-0.3, -0.25) is 4.79 Å². The van der Waals surface area contributed by atoms with Gasteiger partial charge in [-0.1, -0.05) is 23.7 Å². The fraction of sp³-hybridized carbons (Fsp3) is 0.333. The van der Waals surface area contributed by atoms with E-state index in [1.54, 1.807) is 0 Å². The van der Waals surface area contributed by atoms with Gasteiger partial charge < -0.3 is 14.6 Å². The van der Waals surface area contributed by atoms with E-state index >= 15 is 0 Å². The molecule has 4 rings (SSSR count). The molecule has 0 bridgehead atoms. The number of para-hydroxylation sites is 2. The van der Waals surface area contributed by atoms with Crippen molar-refractivity contribution < 1.29 is 9.21 Å². The fourth-order valence-corrected chi connectivity index (χ4v) is 4.12. The molecule has 1 saturated heterocycles. The molecule has 130 valence electrons. The van der Waals surface area contributed by atoms with Crippen molar-refractivity contribution in [3.63, 3.8) is 0 Å². The number of piperidine rings is 1. The van der Waals surface area contributed by atoms with Crippen LogP contribution in [-0.2, 0) is 11.3 Å². The minimum Gasteiger partial charge on any atom is -0.423 e. The Kier molecular flexibility index (Phi) is 4.63. The summed E-state index contributed by atoms with van der Waals surface area (Å²) >= 11 is 7.41. The molecule has 0 aliphatic carbocycles. The standard InChI is InChI=1S/C18H18ClN3O2S/c19-16-6-5-13(25-16)11-20-17(23)12-7-9-22(10-8-12)18-21-14-3-1-2-4-15(14)24-18/h1-6,12H,7-11H2,(H,20,23). The van der Waals surface area contributed by atoms with Crippen molar-refractivity contribution in [2.45, 2.75) is 19.4 Å². The van der Waals surface area contributed by atoms with Crippen LogP contribution in [0.15, 0.2) is 40.8 Å². The molecule has 25 heavy (non-hydrogen) atoms. The van der Waals surface area contributed by atoms with Crippen LogP contribution < -0.4 is 10.2 Å². The van der Waals surface area contributed by atoms with Crippen molar-refractivity contribution in [1.82, 2.24) is 10.3 Å². The van der Waals surface area contributed by atoms with Crippen LogP contribution in [0.2, 0.25) is 4.34 Å². The number of nitrogens with one attached hydrogen (secondary N) is 1. The predicted octanol–water partition coefficient (Wildman–Crippen LogP) is 4.08. The topological polar surface area (TPSA) is 58.4 Å². The van der Waals surface area contributed by atoms with Crippen molar-refractivity contribution >= 4 is 46.0 Å². The normalized spacial score (nSPS) is 15.6. The van der Waals surface area contributed by atoms with Gasteiger partial charge in [0, 0.05) is 23.9 Å². The Bertz CT molecular complexity index is 850. The fourth-order valence-electron chi connectivity index (χ4n) is 3.09. The van der Waals surface area contributed by atoms with E-state index in [4.69, 9.17) is 16.0 Å². The number of benzene rings is 1. The lowest BCUT2D eigenvalue weighted by molar-refractivity contribution is -0.125. The lowest BCUT2D eigenvalue weighted by Gasteiger charge is -2.30. The van der Waals surface area contributed by atoms with E-state index in [0.29, 0.717) is 12.6 Å². The molecule has 5 nitrogen and oxygen atoms in total. The van der Waals surface area contributed by atoms with E-state index in [-0.39, 0.29) is 11.8 Å². The van der Waals surface area contributed by atoms with Gasteiger partial charge in [-0.15, -0.1) is 11.3 Å². The molecule has 1 aromatic carbocycles. The number of amides is 1. The number of halogens is 1. The van der Waals surface area contributed by atoms with Crippen molar-refractivity contribution in [1.29, 1.82) is 0 Å². The van der Waals surface area contributed by atoms with Crippen LogP contribution in [0.25, 0.3) is 11.1 Å². The number of anilines is 1. The molecule has 1 aliphatic rings. The second-order valence-corrected chi connectivity index (χ2v) is 7.95. The second-order valence-electron chi connectivity index (χ2n) is 6.15. The molecule has 1 N–H and O–H groups in total. The predicted molar refractivity (Wildman–Crippen MR) is 100 cm³/mol. The van der Waals surface area contributed by atoms with Crippen LogP contribution >= 0.6 is 22.9 Å². The van der Waals surface area contributed by atoms with Crippen molar-refractivity contribution in [2.75, 3.05) is 18.0 Å². The Morgan fingerprint density at radius 3 is 2.80 bits per heavy atom. The molecule has 0 spiro atoms. The smallest absolute Gasteiger partial charge is 0.298 e. The molecule has 0 radical (unpaired) electrons. The highest BCUT2D eigenvalue weighted by Gasteiger charge is 2.27. The van der Waals surface area contributed by atoms with Gasteiger partial charge in [0.05, 0.1) is 10.9 Å². The maximum atomic E-state index is 12.4. The van der Waals surface area contributed by atoms with Gasteiger partial charge in [0.1, 0.15) is 5.52 Å². The molecular formula is C18H18ClN3O2S. The summed E-state index contributed by atoms with van der Waals surface area (Å²) < 4.78 is 6.56. The van der Waals surface area contributed by atoms with Crippen molar-refractivity contribution in [2.24, 2.45) is 5.92 Å². The van der Waals surface area contributed by atoms with Gasteiger partial charge in [-0.2, -0.15) is 4.98 Å². The number of nitrogens with zero attached hydrogens (tertiary/aromatic N) is 2. The first kappa shape index (κ1) is 16.4. The largest absolute Gasteiger partial charge is 0.423 e. The highest BCUT2D eigenvalue weighted by atomic mass is 35.5. The summed E-state index contributed by atoms with van der Waals surface area (Å²) in [6, 6.07) is 12.2. The number of rotatable bonds is 4. The van der Waals surface area contributed by atoms with Gasteiger partial charge in [0.25, 0.3) is 6.01 Å². The third kappa shape index (κ3) is 3.65. The Morgan fingerprint density at radius 2 is 2.08 bits per heavy atom. The summed E-state index contributed by atoms with van der Waals surface area (Å²) in [5, 5.41) is 3.01. The molecule has 1 aliphatic heterocycles. The van der Waals surface area contributed by atoms with E-state index in [1.807, 2.05) is 36.4 Å². The summed E-state index contributed by atoms with van der Waals surface area (Å²) in [6.07, 6.45) is 1.60. The van der Waals surface area contributed by atoms with E-state index in [1.165, 1.54) is 11.3 Å². The Balaban J connectivity index is 1.32. The van der Waals surface area contributed by atoms with Gasteiger partial charge in [0.15, 0.2) is 5.58 Å².